The highest BCUT2D eigenvalue weighted by Crippen LogP contribution is 2.39. The third kappa shape index (κ3) is 2.93. The maximum atomic E-state index is 13.1. The van der Waals surface area contributed by atoms with E-state index in [0.717, 1.165) is 13.0 Å². The van der Waals surface area contributed by atoms with Crippen LogP contribution in [-0.4, -0.2) is 61.8 Å². The molecule has 2 aliphatic heterocycles. The standard InChI is InChI=1S/C18H24N2O5/c1-24-13-6-3-5-12(15(13)25-2)16(21)20-10-7-14-18(11-20,17(22)23)8-4-9-19-14/h3,5-6,14,19H,4,7-11H2,1-2H3,(H,22,23)/t14-,18+/m0/s1. The minimum Gasteiger partial charge on any atom is -0.493 e. The van der Waals surface area contributed by atoms with Crippen LogP contribution in [0.3, 0.4) is 0 Å². The predicted octanol–water partition coefficient (Wildman–Crippen LogP) is 1.37. The molecule has 0 aromatic heterocycles. The minimum atomic E-state index is -0.918. The van der Waals surface area contributed by atoms with Gasteiger partial charge in [-0.1, -0.05) is 6.07 Å². The fourth-order valence-corrected chi connectivity index (χ4v) is 4.04. The van der Waals surface area contributed by atoms with Crippen molar-refractivity contribution in [3.05, 3.63) is 23.8 Å². The van der Waals surface area contributed by atoms with E-state index in [1.807, 2.05) is 0 Å². The van der Waals surface area contributed by atoms with Crippen LogP contribution in [0, 0.1) is 5.41 Å². The molecule has 0 spiro atoms. The Morgan fingerprint density at radius 3 is 2.80 bits per heavy atom. The normalized spacial score (nSPS) is 25.8. The van der Waals surface area contributed by atoms with E-state index in [1.54, 1.807) is 23.1 Å². The molecule has 0 saturated carbocycles. The average molecular weight is 348 g/mol. The molecular weight excluding hydrogens is 324 g/mol. The fourth-order valence-electron chi connectivity index (χ4n) is 4.04. The second-order valence-electron chi connectivity index (χ2n) is 6.63. The summed E-state index contributed by atoms with van der Waals surface area (Å²) in [5.74, 6) is -0.195. The highest BCUT2D eigenvalue weighted by molar-refractivity contribution is 5.98. The second-order valence-corrected chi connectivity index (χ2v) is 6.63. The van der Waals surface area contributed by atoms with Crippen molar-refractivity contribution in [2.75, 3.05) is 33.9 Å². The molecular formula is C18H24N2O5. The van der Waals surface area contributed by atoms with Gasteiger partial charge in [0.2, 0.25) is 0 Å². The SMILES string of the molecule is COc1cccc(C(=O)N2CC[C@@H]3NCCC[C@@]3(C(=O)O)C2)c1OC. The Balaban J connectivity index is 1.90. The van der Waals surface area contributed by atoms with Gasteiger partial charge in [0.25, 0.3) is 5.91 Å². The second kappa shape index (κ2) is 6.92. The number of fused-ring (bicyclic) bond motifs is 1. The van der Waals surface area contributed by atoms with Crippen LogP contribution in [-0.2, 0) is 4.79 Å². The number of methoxy groups -OCH3 is 2. The molecule has 1 aromatic carbocycles. The highest BCUT2D eigenvalue weighted by Gasteiger charge is 2.51. The van der Waals surface area contributed by atoms with Gasteiger partial charge < -0.3 is 24.8 Å². The van der Waals surface area contributed by atoms with Gasteiger partial charge in [-0.3, -0.25) is 9.59 Å². The van der Waals surface area contributed by atoms with Gasteiger partial charge in [0.05, 0.1) is 19.8 Å². The van der Waals surface area contributed by atoms with Crippen molar-refractivity contribution in [1.29, 1.82) is 0 Å². The lowest BCUT2D eigenvalue weighted by molar-refractivity contribution is -0.156. The molecule has 2 N–H and O–H groups in total. The Hall–Kier alpha value is -2.28. The number of nitrogens with zero attached hydrogens (tertiary/aromatic N) is 1. The number of para-hydroxylation sites is 1. The van der Waals surface area contributed by atoms with E-state index in [-0.39, 0.29) is 18.5 Å². The van der Waals surface area contributed by atoms with Crippen molar-refractivity contribution in [3.8, 4) is 11.5 Å². The number of hydrogen-bond acceptors (Lipinski definition) is 5. The van der Waals surface area contributed by atoms with Crippen LogP contribution in [0.25, 0.3) is 0 Å². The first-order chi connectivity index (χ1) is 12.0. The fraction of sp³-hybridized carbons (Fsp3) is 0.556. The number of carboxylic acids is 1. The van der Waals surface area contributed by atoms with Gasteiger partial charge in [-0.05, 0) is 37.9 Å². The summed E-state index contributed by atoms with van der Waals surface area (Å²) >= 11 is 0. The summed E-state index contributed by atoms with van der Waals surface area (Å²) in [6.07, 6.45) is 2.01. The van der Waals surface area contributed by atoms with Gasteiger partial charge >= 0.3 is 5.97 Å². The van der Waals surface area contributed by atoms with Crippen molar-refractivity contribution in [3.63, 3.8) is 0 Å². The number of ether oxygens (including phenoxy) is 2. The molecule has 0 unspecified atom stereocenters. The number of piperidine rings is 2. The number of carboxylic acid groups (broad SMARTS) is 1. The number of hydrogen-bond donors (Lipinski definition) is 2. The first-order valence-corrected chi connectivity index (χ1v) is 8.50. The largest absolute Gasteiger partial charge is 0.493 e. The number of aliphatic carboxylic acids is 1. The third-order valence-electron chi connectivity index (χ3n) is 5.36. The molecule has 2 saturated heterocycles. The summed E-state index contributed by atoms with van der Waals surface area (Å²) in [4.78, 5) is 26.7. The van der Waals surface area contributed by atoms with E-state index in [9.17, 15) is 14.7 Å². The summed E-state index contributed by atoms with van der Waals surface area (Å²) in [7, 11) is 3.01. The molecule has 7 heteroatoms. The maximum Gasteiger partial charge on any atom is 0.313 e. The molecule has 1 amide bonds. The predicted molar refractivity (Wildman–Crippen MR) is 91.2 cm³/mol. The van der Waals surface area contributed by atoms with Gasteiger partial charge in [0, 0.05) is 19.1 Å². The van der Waals surface area contributed by atoms with Crippen LogP contribution in [0.4, 0.5) is 0 Å². The van der Waals surface area contributed by atoms with Crippen LogP contribution in [0.15, 0.2) is 18.2 Å². The van der Waals surface area contributed by atoms with E-state index in [1.165, 1.54) is 14.2 Å². The zero-order chi connectivity index (χ0) is 18.0. The zero-order valence-electron chi connectivity index (χ0n) is 14.6. The summed E-state index contributed by atoms with van der Waals surface area (Å²) < 4.78 is 10.6. The Kier molecular flexibility index (Phi) is 4.85. The first-order valence-electron chi connectivity index (χ1n) is 8.50. The summed E-state index contributed by atoms with van der Waals surface area (Å²) in [5.41, 5.74) is -0.525. The zero-order valence-corrected chi connectivity index (χ0v) is 14.6. The first kappa shape index (κ1) is 17.5. The third-order valence-corrected chi connectivity index (χ3v) is 5.36. The van der Waals surface area contributed by atoms with Crippen LogP contribution < -0.4 is 14.8 Å². The van der Waals surface area contributed by atoms with E-state index >= 15 is 0 Å². The molecule has 0 aliphatic carbocycles. The lowest BCUT2D eigenvalue weighted by Gasteiger charge is -2.48. The number of amides is 1. The smallest absolute Gasteiger partial charge is 0.313 e. The number of carbonyl (C=O) groups is 2. The number of benzene rings is 1. The average Bonchev–Trinajstić information content (AvgIpc) is 2.65. The summed E-state index contributed by atoms with van der Waals surface area (Å²) in [6, 6.07) is 5.06. The van der Waals surface area contributed by atoms with E-state index in [0.29, 0.717) is 36.4 Å². The van der Waals surface area contributed by atoms with Crippen LogP contribution >= 0.6 is 0 Å². The van der Waals surface area contributed by atoms with Crippen LogP contribution in [0.5, 0.6) is 11.5 Å². The van der Waals surface area contributed by atoms with E-state index in [4.69, 9.17) is 9.47 Å². The molecule has 0 bridgehead atoms. The monoisotopic (exact) mass is 348 g/mol. The van der Waals surface area contributed by atoms with Crippen molar-refractivity contribution < 1.29 is 24.2 Å². The van der Waals surface area contributed by atoms with Crippen LogP contribution in [0.1, 0.15) is 29.6 Å². The molecule has 2 heterocycles. The Morgan fingerprint density at radius 2 is 2.12 bits per heavy atom. The maximum absolute atomic E-state index is 13.1. The van der Waals surface area contributed by atoms with Crippen molar-refractivity contribution in [2.24, 2.45) is 5.41 Å². The van der Waals surface area contributed by atoms with Gasteiger partial charge in [0.15, 0.2) is 11.5 Å². The van der Waals surface area contributed by atoms with Gasteiger partial charge in [-0.2, -0.15) is 0 Å². The Labute approximate surface area is 146 Å². The molecule has 2 aliphatic rings. The van der Waals surface area contributed by atoms with Gasteiger partial charge in [0.1, 0.15) is 5.41 Å². The number of rotatable bonds is 4. The number of nitrogens with one attached hydrogen (secondary N) is 1. The van der Waals surface area contributed by atoms with Crippen LogP contribution in [0.2, 0.25) is 0 Å². The molecule has 25 heavy (non-hydrogen) atoms. The van der Waals surface area contributed by atoms with Crippen molar-refractivity contribution >= 4 is 11.9 Å². The Bertz CT molecular complexity index is 677. The molecule has 7 nitrogen and oxygen atoms in total. The molecule has 136 valence electrons. The molecule has 0 radical (unpaired) electrons. The minimum absolute atomic E-state index is 0.0880. The number of likely N-dealkylation sites (tertiary alicyclic amines) is 1. The van der Waals surface area contributed by atoms with Crippen molar-refractivity contribution in [1.82, 2.24) is 10.2 Å². The molecule has 1 aromatic rings. The van der Waals surface area contributed by atoms with Crippen molar-refractivity contribution in [2.45, 2.75) is 25.3 Å². The molecule has 2 fully saturated rings. The highest BCUT2D eigenvalue weighted by atomic mass is 16.5. The number of carbonyl (C=O) groups excluding carboxylic acids is 1. The molecule has 3 rings (SSSR count). The quantitative estimate of drug-likeness (QED) is 0.854. The van der Waals surface area contributed by atoms with Gasteiger partial charge in [-0.15, -0.1) is 0 Å². The van der Waals surface area contributed by atoms with E-state index in [2.05, 4.69) is 5.32 Å². The summed E-state index contributed by atoms with van der Waals surface area (Å²) in [6.45, 7) is 1.56. The summed E-state index contributed by atoms with van der Waals surface area (Å²) in [5, 5.41) is 13.2. The lowest BCUT2D eigenvalue weighted by Crippen LogP contribution is -2.63. The van der Waals surface area contributed by atoms with Gasteiger partial charge in [-0.25, -0.2) is 0 Å². The van der Waals surface area contributed by atoms with E-state index < -0.39 is 11.4 Å². The Morgan fingerprint density at radius 1 is 1.32 bits per heavy atom. The topological polar surface area (TPSA) is 88.1 Å². The molecule has 2 atom stereocenters. The lowest BCUT2D eigenvalue weighted by atomic mass is 9.70.